The van der Waals surface area contributed by atoms with Crippen molar-refractivity contribution in [1.82, 2.24) is 5.32 Å². The van der Waals surface area contributed by atoms with Gasteiger partial charge in [0.15, 0.2) is 9.84 Å². The zero-order valence-electron chi connectivity index (χ0n) is 14.2. The van der Waals surface area contributed by atoms with Gasteiger partial charge in [0.25, 0.3) is 5.91 Å². The number of nitrogens with one attached hydrogen (secondary N) is 1. The van der Waals surface area contributed by atoms with Crippen LogP contribution in [0.15, 0.2) is 28.5 Å². The van der Waals surface area contributed by atoms with Gasteiger partial charge in [-0.2, -0.15) is 0 Å². The molecule has 2 N–H and O–H groups in total. The van der Waals surface area contributed by atoms with Gasteiger partial charge in [-0.1, -0.05) is 0 Å². The van der Waals surface area contributed by atoms with E-state index in [2.05, 4.69) is 5.32 Å². The van der Waals surface area contributed by atoms with Gasteiger partial charge < -0.3 is 20.0 Å². The van der Waals surface area contributed by atoms with E-state index in [0.717, 1.165) is 38.7 Å². The largest absolute Gasteiger partial charge is 0.481 e. The molecule has 11 heteroatoms. The fourth-order valence-electron chi connectivity index (χ4n) is 2.03. The molecule has 0 spiro atoms. The second kappa shape index (κ2) is 9.22. The van der Waals surface area contributed by atoms with Crippen molar-refractivity contribution in [3.05, 3.63) is 38.9 Å². The van der Waals surface area contributed by atoms with Crippen LogP contribution in [0, 0.1) is 0 Å². The van der Waals surface area contributed by atoms with Gasteiger partial charge in [-0.05, 0) is 24.3 Å². The summed E-state index contributed by atoms with van der Waals surface area (Å²) >= 11 is 2.31. The number of aliphatic carboxylic acids is 1. The van der Waals surface area contributed by atoms with Gasteiger partial charge in [0, 0.05) is 16.0 Å². The summed E-state index contributed by atoms with van der Waals surface area (Å²) in [5.41, 5.74) is 0. The molecule has 0 aromatic carbocycles. The highest BCUT2D eigenvalue weighted by atomic mass is 32.2. The highest BCUT2D eigenvalue weighted by Crippen LogP contribution is 2.23. The lowest BCUT2D eigenvalue weighted by Gasteiger charge is -2.08. The molecule has 0 radical (unpaired) electrons. The molecule has 1 amide bonds. The Hall–Kier alpha value is -2.08. The van der Waals surface area contributed by atoms with Gasteiger partial charge in [-0.25, -0.2) is 8.42 Å². The van der Waals surface area contributed by atoms with E-state index in [0.29, 0.717) is 11.2 Å². The number of hydrogen-bond donors (Lipinski definition) is 2. The fourth-order valence-corrected chi connectivity index (χ4v) is 4.79. The van der Waals surface area contributed by atoms with Gasteiger partial charge in [-0.15, -0.1) is 22.7 Å². The Labute approximate surface area is 163 Å². The van der Waals surface area contributed by atoms with Crippen LogP contribution in [0.3, 0.4) is 0 Å². The lowest BCUT2D eigenvalue weighted by molar-refractivity contribution is -0.138. The molecule has 146 valence electrons. The Morgan fingerprint density at radius 2 is 1.81 bits per heavy atom. The van der Waals surface area contributed by atoms with Gasteiger partial charge in [0.1, 0.15) is 10.5 Å². The second-order valence-electron chi connectivity index (χ2n) is 5.57. The maximum Gasteiger partial charge on any atom is 0.305 e. The molecule has 2 heterocycles. The molecule has 27 heavy (non-hydrogen) atoms. The van der Waals surface area contributed by atoms with Crippen molar-refractivity contribution in [2.75, 3.05) is 6.26 Å². The quantitative estimate of drug-likeness (QED) is 0.548. The molecule has 2 rings (SSSR count). The summed E-state index contributed by atoms with van der Waals surface area (Å²) in [5.74, 6) is -1.71. The fraction of sp³-hybridized carbons (Fsp3) is 0.312. The summed E-state index contributed by atoms with van der Waals surface area (Å²) in [6.45, 7) is 0.474. The molecule has 2 aromatic rings. The van der Waals surface area contributed by atoms with E-state index in [1.807, 2.05) is 0 Å². The highest BCUT2D eigenvalue weighted by molar-refractivity contribution is 7.92. The number of amides is 1. The predicted molar refractivity (Wildman–Crippen MR) is 99.8 cm³/mol. The standard InChI is InChI=1S/C16H17NO7S3/c1-27(22,23)15-5-3-12(26-15)9-24-8-11-2-4-13(25-11)16(21)17-10(7-18)6-14(19)20/h2-5,7,10H,6,8-9H2,1H3,(H,17,21)(H,19,20). The van der Waals surface area contributed by atoms with E-state index in [9.17, 15) is 22.8 Å². The summed E-state index contributed by atoms with van der Waals surface area (Å²) < 4.78 is 28.7. The van der Waals surface area contributed by atoms with Crippen molar-refractivity contribution in [1.29, 1.82) is 0 Å². The number of carbonyl (C=O) groups is 3. The first-order valence-electron chi connectivity index (χ1n) is 7.62. The van der Waals surface area contributed by atoms with E-state index in [4.69, 9.17) is 9.84 Å². The minimum atomic E-state index is -3.23. The SMILES string of the molecule is CS(=O)(=O)c1ccc(COCc2ccc(C(=O)NC(C=O)CC(=O)O)s2)s1. The molecule has 0 saturated heterocycles. The third-order valence-corrected chi connectivity index (χ3v) is 7.19. The van der Waals surface area contributed by atoms with E-state index in [1.54, 1.807) is 18.2 Å². The van der Waals surface area contributed by atoms with E-state index in [1.165, 1.54) is 6.07 Å². The Balaban J connectivity index is 1.86. The first-order chi connectivity index (χ1) is 12.7. The lowest BCUT2D eigenvalue weighted by atomic mass is 10.2. The topological polar surface area (TPSA) is 127 Å². The Morgan fingerprint density at radius 1 is 1.19 bits per heavy atom. The first-order valence-corrected chi connectivity index (χ1v) is 11.1. The van der Waals surface area contributed by atoms with E-state index < -0.39 is 34.2 Å². The first kappa shape index (κ1) is 21.2. The summed E-state index contributed by atoms with van der Waals surface area (Å²) in [5, 5.41) is 11.0. The number of ether oxygens (including phenoxy) is 1. The molecule has 2 aromatic heterocycles. The number of sulfone groups is 1. The Kier molecular flexibility index (Phi) is 7.25. The Morgan fingerprint density at radius 3 is 2.37 bits per heavy atom. The van der Waals surface area contributed by atoms with Gasteiger partial charge in [0.2, 0.25) is 0 Å². The average Bonchev–Trinajstić information content (AvgIpc) is 3.23. The number of hydrogen-bond acceptors (Lipinski definition) is 8. The predicted octanol–water partition coefficient (Wildman–Crippen LogP) is 1.70. The van der Waals surface area contributed by atoms with Crippen LogP contribution in [0.4, 0.5) is 0 Å². The summed E-state index contributed by atoms with van der Waals surface area (Å²) in [6, 6.07) is 5.40. The smallest absolute Gasteiger partial charge is 0.305 e. The van der Waals surface area contributed by atoms with Gasteiger partial charge in [0.05, 0.1) is 30.6 Å². The van der Waals surface area contributed by atoms with Crippen LogP contribution in [0.2, 0.25) is 0 Å². The molecule has 1 atom stereocenters. The normalized spacial score (nSPS) is 12.5. The van der Waals surface area contributed by atoms with Crippen molar-refractivity contribution in [3.8, 4) is 0 Å². The van der Waals surface area contributed by atoms with E-state index >= 15 is 0 Å². The third-order valence-electron chi connectivity index (χ3n) is 3.25. The summed E-state index contributed by atoms with van der Waals surface area (Å²) in [7, 11) is -3.23. The minimum Gasteiger partial charge on any atom is -0.481 e. The second-order valence-corrected chi connectivity index (χ2v) is 10.1. The number of carbonyl (C=O) groups excluding carboxylic acids is 2. The Bertz CT molecular complexity index is 929. The number of thiophene rings is 2. The number of carboxylic acid groups (broad SMARTS) is 1. The highest BCUT2D eigenvalue weighted by Gasteiger charge is 2.17. The van der Waals surface area contributed by atoms with Crippen LogP contribution < -0.4 is 5.32 Å². The molecule has 8 nitrogen and oxygen atoms in total. The third kappa shape index (κ3) is 6.54. The van der Waals surface area contributed by atoms with Crippen LogP contribution >= 0.6 is 22.7 Å². The van der Waals surface area contributed by atoms with Crippen molar-refractivity contribution in [2.45, 2.75) is 29.9 Å². The lowest BCUT2D eigenvalue weighted by Crippen LogP contribution is -2.37. The van der Waals surface area contributed by atoms with Crippen LogP contribution in [-0.2, 0) is 37.4 Å². The van der Waals surface area contributed by atoms with E-state index in [-0.39, 0.29) is 17.4 Å². The van der Waals surface area contributed by atoms with Crippen molar-refractivity contribution >= 4 is 50.7 Å². The van der Waals surface area contributed by atoms with Gasteiger partial charge in [-0.3, -0.25) is 9.59 Å². The average molecular weight is 432 g/mol. The molecule has 0 aliphatic carbocycles. The number of rotatable bonds is 10. The molecule has 0 bridgehead atoms. The molecule has 0 saturated carbocycles. The monoisotopic (exact) mass is 431 g/mol. The van der Waals surface area contributed by atoms with Crippen molar-refractivity contribution in [2.24, 2.45) is 0 Å². The minimum absolute atomic E-state index is 0.232. The van der Waals surface area contributed by atoms with Crippen LogP contribution in [-0.4, -0.2) is 44.0 Å². The zero-order valence-corrected chi connectivity index (χ0v) is 16.7. The van der Waals surface area contributed by atoms with Gasteiger partial charge >= 0.3 is 5.97 Å². The molecular weight excluding hydrogens is 414 g/mol. The number of carboxylic acids is 1. The molecule has 0 fully saturated rings. The van der Waals surface area contributed by atoms with Crippen LogP contribution in [0.25, 0.3) is 0 Å². The van der Waals surface area contributed by atoms with Crippen LogP contribution in [0.5, 0.6) is 0 Å². The van der Waals surface area contributed by atoms with Crippen molar-refractivity contribution in [3.63, 3.8) is 0 Å². The molecule has 0 aliphatic heterocycles. The zero-order chi connectivity index (χ0) is 20.0. The van der Waals surface area contributed by atoms with Crippen molar-refractivity contribution < 1.29 is 32.6 Å². The summed E-state index contributed by atoms with van der Waals surface area (Å²) in [4.78, 5) is 35.4. The number of aldehydes is 1. The van der Waals surface area contributed by atoms with Crippen LogP contribution in [0.1, 0.15) is 25.8 Å². The molecular formula is C16H17NO7S3. The molecule has 0 aliphatic rings. The maximum atomic E-state index is 12.1. The molecule has 1 unspecified atom stereocenters. The maximum absolute atomic E-state index is 12.1. The summed E-state index contributed by atoms with van der Waals surface area (Å²) in [6.07, 6.45) is 1.05.